The van der Waals surface area contributed by atoms with Crippen molar-refractivity contribution in [3.63, 3.8) is 0 Å². The molecule has 2 N–H and O–H groups in total. The molecule has 5 heteroatoms. The average molecular weight is 233 g/mol. The number of rotatable bonds is 4. The van der Waals surface area contributed by atoms with Gasteiger partial charge in [0.25, 0.3) is 0 Å². The molecule has 0 aliphatic heterocycles. The number of carboxylic acid groups (broad SMARTS) is 1. The number of carboxylic acids is 1. The van der Waals surface area contributed by atoms with Crippen LogP contribution in [-0.2, 0) is 0 Å². The zero-order chi connectivity index (χ0) is 12.3. The van der Waals surface area contributed by atoms with E-state index in [-0.39, 0.29) is 18.8 Å². The summed E-state index contributed by atoms with van der Waals surface area (Å²) in [5, 5.41) is 18.2. The zero-order valence-corrected chi connectivity index (χ0v) is 8.96. The Labute approximate surface area is 97.3 Å². The second kappa shape index (κ2) is 4.80. The van der Waals surface area contributed by atoms with E-state index in [4.69, 9.17) is 14.9 Å². The van der Waals surface area contributed by atoms with Gasteiger partial charge in [-0.1, -0.05) is 0 Å². The molecule has 88 valence electrons. The number of ether oxygens (including phenoxy) is 1. The summed E-state index contributed by atoms with van der Waals surface area (Å²) in [7, 11) is 0. The predicted molar refractivity (Wildman–Crippen MR) is 61.3 cm³/mol. The van der Waals surface area contributed by atoms with Crippen LogP contribution in [0, 0.1) is 0 Å². The molecule has 0 amide bonds. The Balaban J connectivity index is 2.45. The Hall–Kier alpha value is -2.14. The van der Waals surface area contributed by atoms with Crippen molar-refractivity contribution in [2.24, 2.45) is 0 Å². The highest BCUT2D eigenvalue weighted by atomic mass is 16.5. The number of aliphatic hydroxyl groups is 1. The maximum atomic E-state index is 11.0. The number of hydrogen-bond acceptors (Lipinski definition) is 4. The van der Waals surface area contributed by atoms with Crippen molar-refractivity contribution in [3.8, 4) is 5.75 Å². The van der Waals surface area contributed by atoms with Crippen molar-refractivity contribution >= 4 is 16.9 Å². The van der Waals surface area contributed by atoms with Gasteiger partial charge in [-0.05, 0) is 18.2 Å². The van der Waals surface area contributed by atoms with Gasteiger partial charge in [0.05, 0.1) is 17.7 Å². The number of aromatic nitrogens is 1. The first-order chi connectivity index (χ1) is 8.22. The molecule has 2 rings (SSSR count). The van der Waals surface area contributed by atoms with E-state index in [9.17, 15) is 4.79 Å². The van der Waals surface area contributed by atoms with Gasteiger partial charge in [-0.2, -0.15) is 0 Å². The summed E-state index contributed by atoms with van der Waals surface area (Å²) < 4.78 is 5.23. The molecule has 0 aliphatic rings. The second-order valence-electron chi connectivity index (χ2n) is 3.41. The molecule has 1 aromatic carbocycles. The monoisotopic (exact) mass is 233 g/mol. The smallest absolute Gasteiger partial charge is 0.336 e. The van der Waals surface area contributed by atoms with E-state index in [2.05, 4.69) is 4.98 Å². The molecular weight excluding hydrogens is 222 g/mol. The van der Waals surface area contributed by atoms with Crippen LogP contribution in [0.5, 0.6) is 5.75 Å². The van der Waals surface area contributed by atoms with Crippen LogP contribution >= 0.6 is 0 Å². The van der Waals surface area contributed by atoms with Crippen LogP contribution in [0.2, 0.25) is 0 Å². The van der Waals surface area contributed by atoms with Gasteiger partial charge >= 0.3 is 5.97 Å². The molecule has 0 atom stereocenters. The lowest BCUT2D eigenvalue weighted by Gasteiger charge is -2.06. The van der Waals surface area contributed by atoms with E-state index in [0.717, 1.165) is 0 Å². The SMILES string of the molecule is O=C(O)c1ccnc2cc(OCCO)ccc12. The molecule has 0 unspecified atom stereocenters. The molecule has 0 saturated carbocycles. The van der Waals surface area contributed by atoms with E-state index in [0.29, 0.717) is 16.7 Å². The van der Waals surface area contributed by atoms with Crippen LogP contribution in [0.25, 0.3) is 10.9 Å². The molecule has 0 bridgehead atoms. The number of aromatic carboxylic acids is 1. The Morgan fingerprint density at radius 3 is 2.88 bits per heavy atom. The van der Waals surface area contributed by atoms with Gasteiger partial charge in [0.1, 0.15) is 12.4 Å². The number of pyridine rings is 1. The summed E-state index contributed by atoms with van der Waals surface area (Å²) in [4.78, 5) is 15.1. The lowest BCUT2D eigenvalue weighted by molar-refractivity contribution is 0.0699. The van der Waals surface area contributed by atoms with E-state index in [1.807, 2.05) is 0 Å². The van der Waals surface area contributed by atoms with Crippen molar-refractivity contribution in [1.29, 1.82) is 0 Å². The minimum atomic E-state index is -0.985. The minimum Gasteiger partial charge on any atom is -0.491 e. The van der Waals surface area contributed by atoms with Crippen LogP contribution in [-0.4, -0.2) is 34.4 Å². The fourth-order valence-electron chi connectivity index (χ4n) is 1.57. The van der Waals surface area contributed by atoms with Crippen LogP contribution in [0.15, 0.2) is 30.5 Å². The topological polar surface area (TPSA) is 79.7 Å². The van der Waals surface area contributed by atoms with E-state index in [1.54, 1.807) is 18.2 Å². The lowest BCUT2D eigenvalue weighted by Crippen LogP contribution is -2.02. The Morgan fingerprint density at radius 2 is 2.18 bits per heavy atom. The first-order valence-electron chi connectivity index (χ1n) is 5.08. The molecule has 1 aromatic heterocycles. The van der Waals surface area contributed by atoms with Crippen molar-refractivity contribution in [2.45, 2.75) is 0 Å². The third-order valence-corrected chi connectivity index (χ3v) is 2.30. The summed E-state index contributed by atoms with van der Waals surface area (Å²) in [5.41, 5.74) is 0.768. The molecule has 0 radical (unpaired) electrons. The Kier molecular flexibility index (Phi) is 3.20. The maximum absolute atomic E-state index is 11.0. The molecule has 0 fully saturated rings. The van der Waals surface area contributed by atoms with Crippen LogP contribution in [0.3, 0.4) is 0 Å². The molecule has 0 spiro atoms. The van der Waals surface area contributed by atoms with Crippen LogP contribution in [0.4, 0.5) is 0 Å². The molecule has 2 aromatic rings. The highest BCUT2D eigenvalue weighted by Gasteiger charge is 2.09. The van der Waals surface area contributed by atoms with E-state index in [1.165, 1.54) is 12.3 Å². The summed E-state index contributed by atoms with van der Waals surface area (Å²) in [6.45, 7) is 0.130. The zero-order valence-electron chi connectivity index (χ0n) is 8.96. The minimum absolute atomic E-state index is 0.0688. The van der Waals surface area contributed by atoms with Crippen molar-refractivity contribution < 1.29 is 19.7 Å². The quantitative estimate of drug-likeness (QED) is 0.832. The number of nitrogens with zero attached hydrogens (tertiary/aromatic N) is 1. The average Bonchev–Trinajstić information content (AvgIpc) is 2.35. The highest BCUT2D eigenvalue weighted by Crippen LogP contribution is 2.22. The van der Waals surface area contributed by atoms with Gasteiger partial charge in [0, 0.05) is 17.6 Å². The van der Waals surface area contributed by atoms with Gasteiger partial charge in [-0.3, -0.25) is 4.98 Å². The number of benzene rings is 1. The van der Waals surface area contributed by atoms with Crippen molar-refractivity contribution in [3.05, 3.63) is 36.0 Å². The van der Waals surface area contributed by atoms with E-state index >= 15 is 0 Å². The van der Waals surface area contributed by atoms with Crippen LogP contribution < -0.4 is 4.74 Å². The number of carbonyl (C=O) groups is 1. The first-order valence-corrected chi connectivity index (χ1v) is 5.08. The normalized spacial score (nSPS) is 10.4. The Bertz CT molecular complexity index is 553. The van der Waals surface area contributed by atoms with Gasteiger partial charge in [0.15, 0.2) is 0 Å². The lowest BCUT2D eigenvalue weighted by atomic mass is 10.1. The van der Waals surface area contributed by atoms with Gasteiger partial charge in [0.2, 0.25) is 0 Å². The van der Waals surface area contributed by atoms with Crippen molar-refractivity contribution in [1.82, 2.24) is 4.98 Å². The molecular formula is C12H11NO4. The van der Waals surface area contributed by atoms with Crippen LogP contribution in [0.1, 0.15) is 10.4 Å². The van der Waals surface area contributed by atoms with Gasteiger partial charge in [-0.15, -0.1) is 0 Å². The number of aliphatic hydroxyl groups excluding tert-OH is 1. The van der Waals surface area contributed by atoms with Gasteiger partial charge < -0.3 is 14.9 Å². The highest BCUT2D eigenvalue weighted by molar-refractivity contribution is 6.02. The molecule has 0 saturated heterocycles. The first kappa shape index (κ1) is 11.3. The van der Waals surface area contributed by atoms with Crippen molar-refractivity contribution in [2.75, 3.05) is 13.2 Å². The summed E-state index contributed by atoms with van der Waals surface area (Å²) in [6, 6.07) is 6.42. The second-order valence-corrected chi connectivity index (χ2v) is 3.41. The predicted octanol–water partition coefficient (Wildman–Crippen LogP) is 1.30. The third kappa shape index (κ3) is 2.34. The number of hydrogen-bond donors (Lipinski definition) is 2. The molecule has 1 heterocycles. The standard InChI is InChI=1S/C12H11NO4/c14-5-6-17-8-1-2-9-10(12(15)16)3-4-13-11(9)7-8/h1-4,7,14H,5-6H2,(H,15,16). The Morgan fingerprint density at radius 1 is 1.35 bits per heavy atom. The third-order valence-electron chi connectivity index (χ3n) is 2.30. The molecule has 17 heavy (non-hydrogen) atoms. The van der Waals surface area contributed by atoms with E-state index < -0.39 is 5.97 Å². The molecule has 5 nitrogen and oxygen atoms in total. The fraction of sp³-hybridized carbons (Fsp3) is 0.167. The van der Waals surface area contributed by atoms with Gasteiger partial charge in [-0.25, -0.2) is 4.79 Å². The molecule has 0 aliphatic carbocycles. The largest absolute Gasteiger partial charge is 0.491 e. The fourth-order valence-corrected chi connectivity index (χ4v) is 1.57. The maximum Gasteiger partial charge on any atom is 0.336 e. The summed E-state index contributed by atoms with van der Waals surface area (Å²) >= 11 is 0. The summed E-state index contributed by atoms with van der Waals surface area (Å²) in [6.07, 6.45) is 1.45. The summed E-state index contributed by atoms with van der Waals surface area (Å²) in [5.74, 6) is -0.428. The number of fused-ring (bicyclic) bond motifs is 1.